The molecule has 22 heavy (non-hydrogen) atoms. The van der Waals surface area contributed by atoms with Crippen LogP contribution in [0.5, 0.6) is 0 Å². The molecule has 0 saturated carbocycles. The second kappa shape index (κ2) is 14.5. The minimum Gasteiger partial charge on any atom is -0.463 e. The van der Waals surface area contributed by atoms with E-state index < -0.39 is 5.97 Å². The van der Waals surface area contributed by atoms with E-state index in [1.54, 1.807) is 6.92 Å². The SMILES string of the molecule is C=C(C)C(=O)OCCCC(=O)OCCOCCCCOCC. The van der Waals surface area contributed by atoms with Crippen molar-refractivity contribution in [2.75, 3.05) is 39.6 Å². The van der Waals surface area contributed by atoms with Gasteiger partial charge in [-0.15, -0.1) is 0 Å². The highest BCUT2D eigenvalue weighted by Gasteiger charge is 2.05. The van der Waals surface area contributed by atoms with Crippen LogP contribution in [-0.2, 0) is 28.5 Å². The number of ether oxygens (including phenoxy) is 4. The third kappa shape index (κ3) is 13.6. The van der Waals surface area contributed by atoms with Gasteiger partial charge in [-0.3, -0.25) is 4.79 Å². The van der Waals surface area contributed by atoms with Crippen LogP contribution in [-0.4, -0.2) is 51.6 Å². The van der Waals surface area contributed by atoms with Crippen LogP contribution in [0.15, 0.2) is 12.2 Å². The molecule has 0 bridgehead atoms. The van der Waals surface area contributed by atoms with E-state index in [1.807, 2.05) is 6.92 Å². The zero-order valence-electron chi connectivity index (χ0n) is 13.7. The zero-order valence-corrected chi connectivity index (χ0v) is 13.7. The fraction of sp³-hybridized carbons (Fsp3) is 0.750. The molecule has 6 nitrogen and oxygen atoms in total. The van der Waals surface area contributed by atoms with Crippen molar-refractivity contribution in [3.8, 4) is 0 Å². The van der Waals surface area contributed by atoms with Gasteiger partial charge in [0.25, 0.3) is 0 Å². The lowest BCUT2D eigenvalue weighted by molar-refractivity contribution is -0.147. The third-order valence-electron chi connectivity index (χ3n) is 2.63. The number of unbranched alkanes of at least 4 members (excludes halogenated alkanes) is 1. The normalized spacial score (nSPS) is 10.3. The van der Waals surface area contributed by atoms with Gasteiger partial charge in [0.1, 0.15) is 6.61 Å². The van der Waals surface area contributed by atoms with Crippen molar-refractivity contribution < 1.29 is 28.5 Å². The van der Waals surface area contributed by atoms with E-state index in [0.717, 1.165) is 26.1 Å². The molecule has 0 spiro atoms. The second-order valence-corrected chi connectivity index (χ2v) is 4.76. The van der Waals surface area contributed by atoms with Crippen molar-refractivity contribution in [3.63, 3.8) is 0 Å². The van der Waals surface area contributed by atoms with Crippen molar-refractivity contribution in [3.05, 3.63) is 12.2 Å². The maximum Gasteiger partial charge on any atom is 0.333 e. The Bertz CT molecular complexity index is 327. The molecule has 0 aliphatic heterocycles. The van der Waals surface area contributed by atoms with Gasteiger partial charge >= 0.3 is 11.9 Å². The minimum atomic E-state index is -0.439. The van der Waals surface area contributed by atoms with Crippen LogP contribution in [0.2, 0.25) is 0 Å². The zero-order chi connectivity index (χ0) is 16.6. The van der Waals surface area contributed by atoms with Crippen LogP contribution < -0.4 is 0 Å². The highest BCUT2D eigenvalue weighted by Crippen LogP contribution is 1.98. The highest BCUT2D eigenvalue weighted by atomic mass is 16.6. The Balaban J connectivity index is 3.29. The fourth-order valence-electron chi connectivity index (χ4n) is 1.45. The predicted octanol–water partition coefficient (Wildman–Crippen LogP) is 2.26. The first-order valence-electron chi connectivity index (χ1n) is 7.71. The van der Waals surface area contributed by atoms with Crippen molar-refractivity contribution in [2.45, 2.75) is 39.5 Å². The van der Waals surface area contributed by atoms with Gasteiger partial charge in [0.15, 0.2) is 0 Å². The summed E-state index contributed by atoms with van der Waals surface area (Å²) in [6.45, 7) is 9.98. The van der Waals surface area contributed by atoms with Gasteiger partial charge in [0, 0.05) is 31.8 Å². The van der Waals surface area contributed by atoms with Crippen LogP contribution in [0.25, 0.3) is 0 Å². The highest BCUT2D eigenvalue weighted by molar-refractivity contribution is 5.86. The lowest BCUT2D eigenvalue weighted by Crippen LogP contribution is -2.13. The number of rotatable bonds is 14. The molecule has 6 heteroatoms. The molecule has 0 aromatic heterocycles. The smallest absolute Gasteiger partial charge is 0.333 e. The summed E-state index contributed by atoms with van der Waals surface area (Å²) in [6.07, 6.45) is 2.56. The number of carbonyl (C=O) groups excluding carboxylic acids is 2. The molecule has 0 aliphatic carbocycles. The molecular formula is C16H28O6. The fourth-order valence-corrected chi connectivity index (χ4v) is 1.45. The summed E-state index contributed by atoms with van der Waals surface area (Å²) in [4.78, 5) is 22.5. The van der Waals surface area contributed by atoms with Crippen LogP contribution in [0, 0.1) is 0 Å². The monoisotopic (exact) mass is 316 g/mol. The van der Waals surface area contributed by atoms with E-state index in [-0.39, 0.29) is 25.6 Å². The molecule has 0 aromatic rings. The maximum atomic E-state index is 11.4. The molecule has 0 fully saturated rings. The van der Waals surface area contributed by atoms with Crippen LogP contribution in [0.4, 0.5) is 0 Å². The van der Waals surface area contributed by atoms with Gasteiger partial charge in [0.2, 0.25) is 0 Å². The summed E-state index contributed by atoms with van der Waals surface area (Å²) < 4.78 is 20.4. The average molecular weight is 316 g/mol. The van der Waals surface area contributed by atoms with Crippen molar-refractivity contribution in [1.29, 1.82) is 0 Å². The molecule has 0 atom stereocenters. The van der Waals surface area contributed by atoms with Gasteiger partial charge < -0.3 is 18.9 Å². The van der Waals surface area contributed by atoms with Gasteiger partial charge in [-0.25, -0.2) is 4.79 Å². The van der Waals surface area contributed by atoms with E-state index in [4.69, 9.17) is 18.9 Å². The first-order chi connectivity index (χ1) is 10.6. The summed E-state index contributed by atoms with van der Waals surface area (Å²) in [6, 6.07) is 0. The van der Waals surface area contributed by atoms with E-state index in [2.05, 4.69) is 6.58 Å². The van der Waals surface area contributed by atoms with Crippen LogP contribution in [0.1, 0.15) is 39.5 Å². The Kier molecular flexibility index (Phi) is 13.6. The van der Waals surface area contributed by atoms with Gasteiger partial charge in [0.05, 0.1) is 13.2 Å². The van der Waals surface area contributed by atoms with Crippen molar-refractivity contribution in [1.82, 2.24) is 0 Å². The second-order valence-electron chi connectivity index (χ2n) is 4.76. The van der Waals surface area contributed by atoms with E-state index >= 15 is 0 Å². The van der Waals surface area contributed by atoms with Crippen LogP contribution in [0.3, 0.4) is 0 Å². The molecule has 0 N–H and O–H groups in total. The predicted molar refractivity (Wildman–Crippen MR) is 82.5 cm³/mol. The third-order valence-corrected chi connectivity index (χ3v) is 2.63. The summed E-state index contributed by atoms with van der Waals surface area (Å²) in [5, 5.41) is 0. The van der Waals surface area contributed by atoms with E-state index in [0.29, 0.717) is 25.2 Å². The number of hydrogen-bond acceptors (Lipinski definition) is 6. The Hall–Kier alpha value is -1.40. The molecule has 0 heterocycles. The Labute approximate surface area is 132 Å². The minimum absolute atomic E-state index is 0.192. The molecule has 0 aliphatic rings. The summed E-state index contributed by atoms with van der Waals surface area (Å²) in [5.74, 6) is -0.752. The van der Waals surface area contributed by atoms with E-state index in [1.165, 1.54) is 0 Å². The molecule has 0 unspecified atom stereocenters. The molecule has 0 rings (SSSR count). The molecule has 0 amide bonds. The lowest BCUT2D eigenvalue weighted by atomic mass is 10.3. The quantitative estimate of drug-likeness (QED) is 0.278. The molecule has 0 radical (unpaired) electrons. The van der Waals surface area contributed by atoms with Gasteiger partial charge in [-0.1, -0.05) is 6.58 Å². The van der Waals surface area contributed by atoms with Crippen LogP contribution >= 0.6 is 0 Å². The molecule has 0 saturated heterocycles. The standard InChI is InChI=1S/C16H28O6/c1-4-19-9-5-6-10-20-12-13-21-15(17)8-7-11-22-16(18)14(2)3/h2,4-13H2,1,3H3. The summed E-state index contributed by atoms with van der Waals surface area (Å²) in [7, 11) is 0. The molecule has 128 valence electrons. The van der Waals surface area contributed by atoms with Crippen molar-refractivity contribution >= 4 is 11.9 Å². The lowest BCUT2D eigenvalue weighted by Gasteiger charge is -2.07. The Morgan fingerprint density at radius 1 is 0.864 bits per heavy atom. The topological polar surface area (TPSA) is 71.1 Å². The van der Waals surface area contributed by atoms with Gasteiger partial charge in [-0.2, -0.15) is 0 Å². The number of hydrogen-bond donors (Lipinski definition) is 0. The Morgan fingerprint density at radius 2 is 1.55 bits per heavy atom. The first kappa shape index (κ1) is 20.6. The summed E-state index contributed by atoms with van der Waals surface area (Å²) in [5.41, 5.74) is 0.348. The van der Waals surface area contributed by atoms with E-state index in [9.17, 15) is 9.59 Å². The van der Waals surface area contributed by atoms with Gasteiger partial charge in [-0.05, 0) is 33.1 Å². The summed E-state index contributed by atoms with van der Waals surface area (Å²) >= 11 is 0. The molecular weight excluding hydrogens is 288 g/mol. The number of carbonyl (C=O) groups is 2. The average Bonchev–Trinajstić information content (AvgIpc) is 2.49. The maximum absolute atomic E-state index is 11.4. The molecule has 0 aromatic carbocycles. The number of esters is 2. The largest absolute Gasteiger partial charge is 0.463 e. The van der Waals surface area contributed by atoms with Crippen molar-refractivity contribution in [2.24, 2.45) is 0 Å². The first-order valence-corrected chi connectivity index (χ1v) is 7.71. The Morgan fingerprint density at radius 3 is 2.18 bits per heavy atom.